The molecule has 0 spiro atoms. The van der Waals surface area contributed by atoms with Crippen molar-refractivity contribution < 1.29 is 9.53 Å². The summed E-state index contributed by atoms with van der Waals surface area (Å²) in [6.07, 6.45) is 6.22. The van der Waals surface area contributed by atoms with Crippen molar-refractivity contribution in [1.29, 1.82) is 0 Å². The van der Waals surface area contributed by atoms with Crippen molar-refractivity contribution >= 4 is 5.97 Å². The number of esters is 1. The van der Waals surface area contributed by atoms with Crippen molar-refractivity contribution in [2.45, 2.75) is 38.2 Å². The summed E-state index contributed by atoms with van der Waals surface area (Å²) in [5, 5.41) is 3.13. The predicted molar refractivity (Wildman–Crippen MR) is 49.3 cm³/mol. The highest BCUT2D eigenvalue weighted by Crippen LogP contribution is 2.27. The molecule has 2 rings (SSSR count). The highest BCUT2D eigenvalue weighted by atomic mass is 16.5. The van der Waals surface area contributed by atoms with Crippen LogP contribution in [0.15, 0.2) is 0 Å². The summed E-state index contributed by atoms with van der Waals surface area (Å²) >= 11 is 0. The summed E-state index contributed by atoms with van der Waals surface area (Å²) in [5.74, 6) is 0.752. The van der Waals surface area contributed by atoms with E-state index in [4.69, 9.17) is 4.74 Å². The average molecular weight is 183 g/mol. The molecule has 0 amide bonds. The van der Waals surface area contributed by atoms with Gasteiger partial charge in [0.2, 0.25) is 0 Å². The normalized spacial score (nSPS) is 22.5. The van der Waals surface area contributed by atoms with Crippen molar-refractivity contribution in [2.75, 3.05) is 13.1 Å². The quantitative estimate of drug-likeness (QED) is 0.648. The smallest absolute Gasteiger partial charge is 0.320 e. The molecule has 13 heavy (non-hydrogen) atoms. The fourth-order valence-corrected chi connectivity index (χ4v) is 1.42. The van der Waals surface area contributed by atoms with Crippen LogP contribution in [-0.4, -0.2) is 25.2 Å². The Labute approximate surface area is 78.8 Å². The molecule has 0 bridgehead atoms. The summed E-state index contributed by atoms with van der Waals surface area (Å²) in [5.41, 5.74) is 0. The van der Waals surface area contributed by atoms with E-state index in [-0.39, 0.29) is 12.1 Å². The molecular weight excluding hydrogens is 166 g/mol. The van der Waals surface area contributed by atoms with Crippen molar-refractivity contribution in [1.82, 2.24) is 5.32 Å². The van der Waals surface area contributed by atoms with Crippen LogP contribution in [0.5, 0.6) is 0 Å². The zero-order valence-corrected chi connectivity index (χ0v) is 7.92. The number of ether oxygens (including phenoxy) is 1. The fraction of sp³-hybridized carbons (Fsp3) is 0.900. The molecule has 0 aromatic carbocycles. The molecule has 0 aromatic rings. The van der Waals surface area contributed by atoms with E-state index in [1.54, 1.807) is 0 Å². The standard InChI is InChI=1S/C10H17NO2/c12-10(13-9-2-1-3-9)7-11-6-8-4-5-8/h8-9,11H,1-7H2. The summed E-state index contributed by atoms with van der Waals surface area (Å²) in [6, 6.07) is 0. The molecular formula is C10H17NO2. The van der Waals surface area contributed by atoms with Gasteiger partial charge in [-0.25, -0.2) is 0 Å². The molecule has 0 aliphatic heterocycles. The summed E-state index contributed by atoms with van der Waals surface area (Å²) in [6.45, 7) is 1.38. The largest absolute Gasteiger partial charge is 0.461 e. The third-order valence-corrected chi connectivity index (χ3v) is 2.75. The van der Waals surface area contributed by atoms with Crippen molar-refractivity contribution in [2.24, 2.45) is 5.92 Å². The van der Waals surface area contributed by atoms with Gasteiger partial charge in [0.05, 0.1) is 6.54 Å². The molecule has 0 atom stereocenters. The Kier molecular flexibility index (Phi) is 2.83. The number of hydrogen-bond acceptors (Lipinski definition) is 3. The molecule has 2 saturated carbocycles. The van der Waals surface area contributed by atoms with Crippen LogP contribution in [0.3, 0.4) is 0 Å². The highest BCUT2D eigenvalue weighted by Gasteiger charge is 2.23. The van der Waals surface area contributed by atoms with Gasteiger partial charge in [-0.3, -0.25) is 4.79 Å². The van der Waals surface area contributed by atoms with E-state index in [2.05, 4.69) is 5.32 Å². The Hall–Kier alpha value is -0.570. The average Bonchev–Trinajstić information content (AvgIpc) is 2.81. The zero-order valence-electron chi connectivity index (χ0n) is 7.92. The number of carbonyl (C=O) groups excluding carboxylic acids is 1. The van der Waals surface area contributed by atoms with Crippen LogP contribution in [-0.2, 0) is 9.53 Å². The summed E-state index contributed by atoms with van der Waals surface area (Å²) in [4.78, 5) is 11.2. The maximum atomic E-state index is 11.2. The van der Waals surface area contributed by atoms with Crippen LogP contribution < -0.4 is 5.32 Å². The van der Waals surface area contributed by atoms with Gasteiger partial charge in [-0.15, -0.1) is 0 Å². The Balaban J connectivity index is 1.49. The second kappa shape index (κ2) is 4.09. The van der Waals surface area contributed by atoms with Gasteiger partial charge in [0.1, 0.15) is 6.10 Å². The van der Waals surface area contributed by atoms with Crippen LogP contribution in [0.25, 0.3) is 0 Å². The van der Waals surface area contributed by atoms with Crippen molar-refractivity contribution in [3.05, 3.63) is 0 Å². The van der Waals surface area contributed by atoms with Gasteiger partial charge in [0.25, 0.3) is 0 Å². The van der Waals surface area contributed by atoms with E-state index in [0.29, 0.717) is 6.54 Å². The van der Waals surface area contributed by atoms with Crippen LogP contribution in [0.2, 0.25) is 0 Å². The molecule has 2 aliphatic carbocycles. The van der Waals surface area contributed by atoms with Crippen LogP contribution in [0.1, 0.15) is 32.1 Å². The lowest BCUT2D eigenvalue weighted by Gasteiger charge is -2.25. The molecule has 2 fully saturated rings. The summed E-state index contributed by atoms with van der Waals surface area (Å²) in [7, 11) is 0. The molecule has 0 radical (unpaired) electrons. The Bertz CT molecular complexity index is 185. The van der Waals surface area contributed by atoms with Crippen molar-refractivity contribution in [3.63, 3.8) is 0 Å². The molecule has 3 heteroatoms. The number of carbonyl (C=O) groups is 1. The molecule has 3 nitrogen and oxygen atoms in total. The Morgan fingerprint density at radius 1 is 1.31 bits per heavy atom. The Morgan fingerprint density at radius 2 is 2.08 bits per heavy atom. The molecule has 1 N–H and O–H groups in total. The number of nitrogens with one attached hydrogen (secondary N) is 1. The van der Waals surface area contributed by atoms with E-state index in [0.717, 1.165) is 25.3 Å². The molecule has 0 aromatic heterocycles. The third kappa shape index (κ3) is 2.99. The van der Waals surface area contributed by atoms with Crippen molar-refractivity contribution in [3.8, 4) is 0 Å². The number of rotatable bonds is 5. The van der Waals surface area contributed by atoms with Gasteiger partial charge in [0, 0.05) is 0 Å². The van der Waals surface area contributed by atoms with Gasteiger partial charge >= 0.3 is 5.97 Å². The highest BCUT2D eigenvalue weighted by molar-refractivity contribution is 5.71. The zero-order chi connectivity index (χ0) is 9.10. The van der Waals surface area contributed by atoms with E-state index < -0.39 is 0 Å². The van der Waals surface area contributed by atoms with E-state index in [1.807, 2.05) is 0 Å². The lowest BCUT2D eigenvalue weighted by molar-refractivity contribution is -0.151. The summed E-state index contributed by atoms with van der Waals surface area (Å²) < 4.78 is 5.19. The van der Waals surface area contributed by atoms with Gasteiger partial charge < -0.3 is 10.1 Å². The minimum atomic E-state index is -0.0784. The SMILES string of the molecule is O=C(CNCC1CC1)OC1CCC1. The van der Waals surface area contributed by atoms with E-state index in [1.165, 1.54) is 19.3 Å². The first kappa shape index (κ1) is 9.00. The second-order valence-electron chi connectivity index (χ2n) is 4.12. The van der Waals surface area contributed by atoms with Gasteiger partial charge in [-0.2, -0.15) is 0 Å². The van der Waals surface area contributed by atoms with E-state index in [9.17, 15) is 4.79 Å². The van der Waals surface area contributed by atoms with Gasteiger partial charge in [0.15, 0.2) is 0 Å². The van der Waals surface area contributed by atoms with Crippen LogP contribution >= 0.6 is 0 Å². The minimum absolute atomic E-state index is 0.0784. The number of hydrogen-bond donors (Lipinski definition) is 1. The minimum Gasteiger partial charge on any atom is -0.461 e. The van der Waals surface area contributed by atoms with Gasteiger partial charge in [-0.05, 0) is 44.6 Å². The third-order valence-electron chi connectivity index (χ3n) is 2.75. The lowest BCUT2D eigenvalue weighted by atomic mass is 9.96. The first-order valence-electron chi connectivity index (χ1n) is 5.25. The maximum Gasteiger partial charge on any atom is 0.320 e. The fourth-order valence-electron chi connectivity index (χ4n) is 1.42. The molecule has 74 valence electrons. The van der Waals surface area contributed by atoms with E-state index >= 15 is 0 Å². The maximum absolute atomic E-state index is 11.2. The molecule has 0 saturated heterocycles. The first-order chi connectivity index (χ1) is 6.34. The first-order valence-corrected chi connectivity index (χ1v) is 5.25. The molecule has 0 unspecified atom stereocenters. The predicted octanol–water partition coefficient (Wildman–Crippen LogP) is 1.08. The molecule has 2 aliphatic rings. The molecule has 0 heterocycles. The van der Waals surface area contributed by atoms with Crippen LogP contribution in [0, 0.1) is 5.92 Å². The second-order valence-corrected chi connectivity index (χ2v) is 4.12. The Morgan fingerprint density at radius 3 is 2.62 bits per heavy atom. The van der Waals surface area contributed by atoms with Gasteiger partial charge in [-0.1, -0.05) is 0 Å². The monoisotopic (exact) mass is 183 g/mol. The van der Waals surface area contributed by atoms with Crippen LogP contribution in [0.4, 0.5) is 0 Å². The lowest BCUT2D eigenvalue weighted by Crippen LogP contribution is -2.32. The topological polar surface area (TPSA) is 38.3 Å².